The maximum Gasteiger partial charge on any atom is 0.0601 e. The Morgan fingerprint density at radius 3 is 2.88 bits per heavy atom. The van der Waals surface area contributed by atoms with E-state index >= 15 is 0 Å². The van der Waals surface area contributed by atoms with E-state index in [0.717, 1.165) is 13.1 Å². The zero-order valence-corrected chi connectivity index (χ0v) is 10.9. The van der Waals surface area contributed by atoms with Gasteiger partial charge < -0.3 is 15.3 Å². The Kier molecular flexibility index (Phi) is 3.40. The van der Waals surface area contributed by atoms with Gasteiger partial charge in [0.05, 0.1) is 6.61 Å². The van der Waals surface area contributed by atoms with E-state index in [2.05, 4.69) is 55.3 Å². The van der Waals surface area contributed by atoms with Crippen LogP contribution in [-0.4, -0.2) is 36.4 Å². The minimum absolute atomic E-state index is 0.0828. The second kappa shape index (κ2) is 4.67. The topological polar surface area (TPSA) is 35.5 Å². The summed E-state index contributed by atoms with van der Waals surface area (Å²) in [6.07, 6.45) is 0. The molecule has 1 fully saturated rings. The lowest BCUT2D eigenvalue weighted by molar-refractivity contribution is 0.210. The zero-order valence-electron chi connectivity index (χ0n) is 10.9. The van der Waals surface area contributed by atoms with Crippen LogP contribution >= 0.6 is 0 Å². The molecule has 1 saturated heterocycles. The van der Waals surface area contributed by atoms with Crippen LogP contribution in [0.3, 0.4) is 0 Å². The molecule has 0 aliphatic carbocycles. The van der Waals surface area contributed by atoms with Crippen molar-refractivity contribution in [3.05, 3.63) is 29.8 Å². The summed E-state index contributed by atoms with van der Waals surface area (Å²) in [5.74, 6) is 0. The number of anilines is 1. The van der Waals surface area contributed by atoms with Gasteiger partial charge in [-0.05, 0) is 38.5 Å². The average Bonchev–Trinajstić information content (AvgIpc) is 2.29. The van der Waals surface area contributed by atoms with E-state index in [1.54, 1.807) is 0 Å². The Hall–Kier alpha value is -1.06. The highest BCUT2D eigenvalue weighted by Crippen LogP contribution is 2.27. The van der Waals surface area contributed by atoms with E-state index in [-0.39, 0.29) is 18.2 Å². The maximum atomic E-state index is 9.29. The molecule has 1 aliphatic heterocycles. The first-order valence-electron chi connectivity index (χ1n) is 6.21. The predicted molar refractivity (Wildman–Crippen MR) is 71.5 cm³/mol. The lowest BCUT2D eigenvalue weighted by Crippen LogP contribution is -2.63. The number of rotatable bonds is 2. The standard InChI is InChI=1S/C14H22N2O/c1-11-5-4-6-13(7-11)16-8-12(9-17)15-10-14(16,2)3/h4-7,12,15,17H,8-10H2,1-3H3. The monoisotopic (exact) mass is 234 g/mol. The maximum absolute atomic E-state index is 9.29. The first-order valence-corrected chi connectivity index (χ1v) is 6.21. The molecule has 1 aromatic carbocycles. The largest absolute Gasteiger partial charge is 0.395 e. The van der Waals surface area contributed by atoms with Crippen LogP contribution < -0.4 is 10.2 Å². The van der Waals surface area contributed by atoms with Crippen molar-refractivity contribution >= 4 is 5.69 Å². The molecule has 2 N–H and O–H groups in total. The molecule has 1 atom stereocenters. The van der Waals surface area contributed by atoms with Crippen LogP contribution in [0, 0.1) is 6.92 Å². The third-order valence-corrected chi connectivity index (χ3v) is 3.49. The first-order chi connectivity index (χ1) is 8.03. The highest BCUT2D eigenvalue weighted by Gasteiger charge is 2.33. The minimum atomic E-state index is 0.0828. The summed E-state index contributed by atoms with van der Waals surface area (Å²) in [7, 11) is 0. The molecule has 3 nitrogen and oxygen atoms in total. The van der Waals surface area contributed by atoms with Crippen LogP contribution in [0.2, 0.25) is 0 Å². The van der Waals surface area contributed by atoms with Crippen LogP contribution in [-0.2, 0) is 0 Å². The smallest absolute Gasteiger partial charge is 0.0601 e. The van der Waals surface area contributed by atoms with Crippen LogP contribution in [0.5, 0.6) is 0 Å². The lowest BCUT2D eigenvalue weighted by atomic mass is 9.96. The molecular weight excluding hydrogens is 212 g/mol. The van der Waals surface area contributed by atoms with Crippen molar-refractivity contribution in [3.8, 4) is 0 Å². The number of hydrogen-bond donors (Lipinski definition) is 2. The second-order valence-corrected chi connectivity index (χ2v) is 5.52. The summed E-state index contributed by atoms with van der Waals surface area (Å²) in [5, 5.41) is 12.7. The third kappa shape index (κ3) is 2.61. The highest BCUT2D eigenvalue weighted by atomic mass is 16.3. The summed E-state index contributed by atoms with van der Waals surface area (Å²) in [4.78, 5) is 2.39. The van der Waals surface area contributed by atoms with Gasteiger partial charge in [0, 0.05) is 30.4 Å². The Balaban J connectivity index is 2.27. The van der Waals surface area contributed by atoms with Crippen molar-refractivity contribution in [2.45, 2.75) is 32.4 Å². The molecule has 0 amide bonds. The average molecular weight is 234 g/mol. The zero-order chi connectivity index (χ0) is 12.5. The number of aliphatic hydroxyl groups is 1. The van der Waals surface area contributed by atoms with Crippen molar-refractivity contribution in [2.75, 3.05) is 24.6 Å². The Bertz CT molecular complexity index is 390. The van der Waals surface area contributed by atoms with Gasteiger partial charge in [0.15, 0.2) is 0 Å². The number of hydrogen-bond acceptors (Lipinski definition) is 3. The van der Waals surface area contributed by atoms with Gasteiger partial charge in [-0.3, -0.25) is 0 Å². The molecule has 0 bridgehead atoms. The molecule has 3 heteroatoms. The van der Waals surface area contributed by atoms with Crippen molar-refractivity contribution in [2.24, 2.45) is 0 Å². The fraction of sp³-hybridized carbons (Fsp3) is 0.571. The number of benzene rings is 1. The van der Waals surface area contributed by atoms with Gasteiger partial charge in [0.2, 0.25) is 0 Å². The van der Waals surface area contributed by atoms with Crippen molar-refractivity contribution in [1.29, 1.82) is 0 Å². The number of aryl methyl sites for hydroxylation is 1. The molecule has 0 saturated carbocycles. The van der Waals surface area contributed by atoms with Gasteiger partial charge in [-0.15, -0.1) is 0 Å². The van der Waals surface area contributed by atoms with Gasteiger partial charge in [-0.25, -0.2) is 0 Å². The molecular formula is C14H22N2O. The lowest BCUT2D eigenvalue weighted by Gasteiger charge is -2.47. The van der Waals surface area contributed by atoms with Crippen molar-refractivity contribution < 1.29 is 5.11 Å². The first kappa shape index (κ1) is 12.4. The predicted octanol–water partition coefficient (Wildman–Crippen LogP) is 1.54. The fourth-order valence-corrected chi connectivity index (χ4v) is 2.39. The molecule has 1 unspecified atom stereocenters. The summed E-state index contributed by atoms with van der Waals surface area (Å²) in [6, 6.07) is 8.73. The SMILES string of the molecule is Cc1cccc(N2CC(CO)NCC2(C)C)c1. The molecule has 1 heterocycles. The third-order valence-electron chi connectivity index (χ3n) is 3.49. The fourth-order valence-electron chi connectivity index (χ4n) is 2.39. The molecule has 94 valence electrons. The Morgan fingerprint density at radius 2 is 2.24 bits per heavy atom. The number of aliphatic hydroxyl groups excluding tert-OH is 1. The normalized spacial score (nSPS) is 23.8. The van der Waals surface area contributed by atoms with Crippen molar-refractivity contribution in [3.63, 3.8) is 0 Å². The van der Waals surface area contributed by atoms with E-state index in [0.29, 0.717) is 0 Å². The van der Waals surface area contributed by atoms with E-state index in [1.165, 1.54) is 11.3 Å². The van der Waals surface area contributed by atoms with Crippen LogP contribution in [0.15, 0.2) is 24.3 Å². The summed E-state index contributed by atoms with van der Waals surface area (Å²) in [5.41, 5.74) is 2.60. The van der Waals surface area contributed by atoms with E-state index in [4.69, 9.17) is 0 Å². The summed E-state index contributed by atoms with van der Waals surface area (Å²) < 4.78 is 0. The van der Waals surface area contributed by atoms with Gasteiger partial charge in [-0.1, -0.05) is 12.1 Å². The van der Waals surface area contributed by atoms with Gasteiger partial charge in [-0.2, -0.15) is 0 Å². The minimum Gasteiger partial charge on any atom is -0.395 e. The molecule has 0 aromatic heterocycles. The number of piperazine rings is 1. The van der Waals surface area contributed by atoms with Gasteiger partial charge in [0.25, 0.3) is 0 Å². The van der Waals surface area contributed by atoms with Crippen molar-refractivity contribution in [1.82, 2.24) is 5.32 Å². The van der Waals surface area contributed by atoms with Crippen LogP contribution in [0.4, 0.5) is 5.69 Å². The van der Waals surface area contributed by atoms with Crippen LogP contribution in [0.1, 0.15) is 19.4 Å². The molecule has 1 aliphatic rings. The second-order valence-electron chi connectivity index (χ2n) is 5.52. The van der Waals surface area contributed by atoms with Gasteiger partial charge in [0.1, 0.15) is 0 Å². The highest BCUT2D eigenvalue weighted by molar-refractivity contribution is 5.51. The van der Waals surface area contributed by atoms with E-state index < -0.39 is 0 Å². The van der Waals surface area contributed by atoms with E-state index in [9.17, 15) is 5.11 Å². The molecule has 1 aromatic rings. The molecule has 17 heavy (non-hydrogen) atoms. The number of nitrogens with one attached hydrogen (secondary N) is 1. The van der Waals surface area contributed by atoms with Crippen LogP contribution in [0.25, 0.3) is 0 Å². The molecule has 0 spiro atoms. The number of nitrogens with zero attached hydrogens (tertiary/aromatic N) is 1. The van der Waals surface area contributed by atoms with E-state index in [1.807, 2.05) is 0 Å². The summed E-state index contributed by atoms with van der Waals surface area (Å²) >= 11 is 0. The molecule has 0 radical (unpaired) electrons. The molecule has 2 rings (SSSR count). The Labute approximate surface area is 103 Å². The Morgan fingerprint density at radius 1 is 1.47 bits per heavy atom. The quantitative estimate of drug-likeness (QED) is 0.815. The summed E-state index contributed by atoms with van der Waals surface area (Å²) in [6.45, 7) is 8.52. The van der Waals surface area contributed by atoms with Gasteiger partial charge >= 0.3 is 0 Å².